The summed E-state index contributed by atoms with van der Waals surface area (Å²) in [5.41, 5.74) is 0.484. The zero-order valence-electron chi connectivity index (χ0n) is 10.8. The second kappa shape index (κ2) is 5.74. The first-order valence-corrected chi connectivity index (χ1v) is 7.87. The van der Waals surface area contributed by atoms with Gasteiger partial charge in [0.2, 0.25) is 0 Å². The fourth-order valence-electron chi connectivity index (χ4n) is 2.82. The number of hydrogen-bond donors (Lipinski definition) is 1. The van der Waals surface area contributed by atoms with Crippen molar-refractivity contribution in [1.82, 2.24) is 10.2 Å². The van der Waals surface area contributed by atoms with Crippen LogP contribution in [-0.2, 0) is 0 Å². The van der Waals surface area contributed by atoms with Crippen molar-refractivity contribution in [1.29, 1.82) is 0 Å². The molecule has 3 heteroatoms. The van der Waals surface area contributed by atoms with E-state index < -0.39 is 0 Å². The molecule has 2 heterocycles. The summed E-state index contributed by atoms with van der Waals surface area (Å²) in [6, 6.07) is 0.698. The molecular formula is C13H26N2S. The predicted octanol–water partition coefficient (Wildman–Crippen LogP) is 2.20. The lowest BCUT2D eigenvalue weighted by molar-refractivity contribution is 0.130. The van der Waals surface area contributed by atoms with Gasteiger partial charge in [0.1, 0.15) is 0 Å². The van der Waals surface area contributed by atoms with Crippen LogP contribution in [0.5, 0.6) is 0 Å². The van der Waals surface area contributed by atoms with Crippen LogP contribution < -0.4 is 5.32 Å². The van der Waals surface area contributed by atoms with E-state index >= 15 is 0 Å². The molecule has 2 rings (SSSR count). The molecule has 0 aliphatic carbocycles. The molecule has 2 aliphatic rings. The maximum atomic E-state index is 3.73. The molecule has 2 aliphatic heterocycles. The highest BCUT2D eigenvalue weighted by atomic mass is 32.2. The maximum absolute atomic E-state index is 3.73. The second-order valence-electron chi connectivity index (χ2n) is 5.87. The molecule has 0 spiro atoms. The zero-order chi connectivity index (χ0) is 11.4. The van der Waals surface area contributed by atoms with Crippen molar-refractivity contribution in [3.05, 3.63) is 0 Å². The Morgan fingerprint density at radius 1 is 1.25 bits per heavy atom. The molecule has 1 N–H and O–H groups in total. The molecule has 0 aromatic rings. The van der Waals surface area contributed by atoms with Crippen molar-refractivity contribution < 1.29 is 0 Å². The summed E-state index contributed by atoms with van der Waals surface area (Å²) in [7, 11) is 0. The summed E-state index contributed by atoms with van der Waals surface area (Å²) in [4.78, 5) is 2.67. The summed E-state index contributed by atoms with van der Waals surface area (Å²) >= 11 is 2.12. The molecule has 2 fully saturated rings. The Labute approximate surface area is 105 Å². The van der Waals surface area contributed by atoms with Crippen molar-refractivity contribution >= 4 is 11.8 Å². The van der Waals surface area contributed by atoms with E-state index in [1.54, 1.807) is 0 Å². The summed E-state index contributed by atoms with van der Waals surface area (Å²) < 4.78 is 0. The molecule has 0 amide bonds. The van der Waals surface area contributed by atoms with Crippen LogP contribution in [0.2, 0.25) is 0 Å². The predicted molar refractivity (Wildman–Crippen MR) is 73.2 cm³/mol. The van der Waals surface area contributed by atoms with Gasteiger partial charge < -0.3 is 10.2 Å². The molecular weight excluding hydrogens is 216 g/mol. The van der Waals surface area contributed by atoms with E-state index in [9.17, 15) is 0 Å². The van der Waals surface area contributed by atoms with E-state index in [-0.39, 0.29) is 0 Å². The molecule has 16 heavy (non-hydrogen) atoms. The van der Waals surface area contributed by atoms with Crippen molar-refractivity contribution in [3.8, 4) is 0 Å². The molecule has 2 nitrogen and oxygen atoms in total. The fourth-order valence-corrected chi connectivity index (χ4v) is 3.75. The number of nitrogens with zero attached hydrogens (tertiary/aromatic N) is 1. The van der Waals surface area contributed by atoms with Gasteiger partial charge in [-0.3, -0.25) is 0 Å². The molecule has 94 valence electrons. The molecule has 0 radical (unpaired) electrons. The molecule has 0 aromatic heterocycles. The Morgan fingerprint density at radius 2 is 2.12 bits per heavy atom. The Bertz CT molecular complexity index is 210. The Hall–Kier alpha value is 0.270. The third kappa shape index (κ3) is 3.38. The lowest BCUT2D eigenvalue weighted by Gasteiger charge is -2.41. The Morgan fingerprint density at radius 3 is 2.94 bits per heavy atom. The summed E-state index contributed by atoms with van der Waals surface area (Å²) in [6.07, 6.45) is 4.10. The van der Waals surface area contributed by atoms with Crippen LogP contribution in [0, 0.1) is 5.41 Å². The third-order valence-corrected chi connectivity index (χ3v) is 5.14. The number of nitrogens with one attached hydrogen (secondary N) is 1. The summed E-state index contributed by atoms with van der Waals surface area (Å²) in [6.45, 7) is 9.93. The topological polar surface area (TPSA) is 15.3 Å². The standard InChI is InChI=1S/C13H26N2S/c1-13(2)5-3-6-14-12(13)11-15-7-4-9-16-10-8-15/h12,14H,3-11H2,1-2H3. The second-order valence-corrected chi connectivity index (χ2v) is 7.09. The monoisotopic (exact) mass is 242 g/mol. The minimum Gasteiger partial charge on any atom is -0.312 e. The van der Waals surface area contributed by atoms with Crippen molar-refractivity contribution in [2.45, 2.75) is 39.2 Å². The normalized spacial score (nSPS) is 32.2. The van der Waals surface area contributed by atoms with E-state index in [2.05, 4.69) is 35.8 Å². The SMILES string of the molecule is CC1(C)CCCNC1CN1CCCSCC1. The van der Waals surface area contributed by atoms with E-state index in [4.69, 9.17) is 0 Å². The van der Waals surface area contributed by atoms with Crippen LogP contribution in [-0.4, -0.2) is 48.6 Å². The van der Waals surface area contributed by atoms with E-state index in [0.29, 0.717) is 11.5 Å². The van der Waals surface area contributed by atoms with Gasteiger partial charge in [-0.25, -0.2) is 0 Å². The first-order chi connectivity index (χ1) is 7.68. The van der Waals surface area contributed by atoms with E-state index in [0.717, 1.165) is 0 Å². The highest BCUT2D eigenvalue weighted by molar-refractivity contribution is 7.99. The summed E-state index contributed by atoms with van der Waals surface area (Å²) in [5, 5.41) is 3.73. The lowest BCUT2D eigenvalue weighted by Crippen LogP contribution is -2.53. The average Bonchev–Trinajstić information content (AvgIpc) is 2.49. The fraction of sp³-hybridized carbons (Fsp3) is 1.00. The molecule has 1 unspecified atom stereocenters. The van der Waals surface area contributed by atoms with Crippen LogP contribution in [0.25, 0.3) is 0 Å². The third-order valence-electron chi connectivity index (χ3n) is 4.09. The molecule has 0 bridgehead atoms. The van der Waals surface area contributed by atoms with Gasteiger partial charge in [-0.05, 0) is 43.5 Å². The Kier molecular flexibility index (Phi) is 4.57. The number of rotatable bonds is 2. The number of thioether (sulfide) groups is 1. The first kappa shape index (κ1) is 12.7. The van der Waals surface area contributed by atoms with Crippen LogP contribution >= 0.6 is 11.8 Å². The largest absolute Gasteiger partial charge is 0.312 e. The van der Waals surface area contributed by atoms with Gasteiger partial charge in [-0.15, -0.1) is 0 Å². The van der Waals surface area contributed by atoms with E-state index in [1.165, 1.54) is 56.9 Å². The van der Waals surface area contributed by atoms with Crippen LogP contribution in [0.1, 0.15) is 33.1 Å². The van der Waals surface area contributed by atoms with Crippen LogP contribution in [0.15, 0.2) is 0 Å². The van der Waals surface area contributed by atoms with E-state index in [1.807, 2.05) is 0 Å². The van der Waals surface area contributed by atoms with Crippen molar-refractivity contribution in [2.24, 2.45) is 5.41 Å². The number of piperidine rings is 1. The maximum Gasteiger partial charge on any atom is 0.0246 e. The van der Waals surface area contributed by atoms with Gasteiger partial charge in [-0.1, -0.05) is 13.8 Å². The molecule has 0 saturated carbocycles. The van der Waals surface area contributed by atoms with Crippen LogP contribution in [0.4, 0.5) is 0 Å². The molecule has 1 atom stereocenters. The van der Waals surface area contributed by atoms with Gasteiger partial charge in [0.25, 0.3) is 0 Å². The van der Waals surface area contributed by atoms with Crippen LogP contribution in [0.3, 0.4) is 0 Å². The van der Waals surface area contributed by atoms with Gasteiger partial charge in [0.15, 0.2) is 0 Å². The average molecular weight is 242 g/mol. The highest BCUT2D eigenvalue weighted by Crippen LogP contribution is 2.30. The Balaban J connectivity index is 1.86. The summed E-state index contributed by atoms with van der Waals surface area (Å²) in [5.74, 6) is 2.69. The van der Waals surface area contributed by atoms with Crippen molar-refractivity contribution in [2.75, 3.05) is 37.7 Å². The first-order valence-electron chi connectivity index (χ1n) is 6.72. The van der Waals surface area contributed by atoms with Gasteiger partial charge >= 0.3 is 0 Å². The smallest absolute Gasteiger partial charge is 0.0246 e. The van der Waals surface area contributed by atoms with Gasteiger partial charge in [-0.2, -0.15) is 11.8 Å². The minimum absolute atomic E-state index is 0.484. The minimum atomic E-state index is 0.484. The van der Waals surface area contributed by atoms with Gasteiger partial charge in [0.05, 0.1) is 0 Å². The van der Waals surface area contributed by atoms with Crippen molar-refractivity contribution in [3.63, 3.8) is 0 Å². The highest BCUT2D eigenvalue weighted by Gasteiger charge is 2.32. The zero-order valence-corrected chi connectivity index (χ0v) is 11.6. The molecule has 2 saturated heterocycles. The quantitative estimate of drug-likeness (QED) is 0.799. The lowest BCUT2D eigenvalue weighted by atomic mass is 9.77. The number of hydrogen-bond acceptors (Lipinski definition) is 3. The van der Waals surface area contributed by atoms with Gasteiger partial charge in [0, 0.05) is 24.9 Å². The molecule has 0 aromatic carbocycles.